The molecule has 3 heteroatoms. The van der Waals surface area contributed by atoms with Crippen LogP contribution in [-0.2, 0) is 11.2 Å². The molecule has 0 saturated carbocycles. The first-order valence-corrected chi connectivity index (χ1v) is 3.86. The molecular weight excluding hydrogens is 156 g/mol. The summed E-state index contributed by atoms with van der Waals surface area (Å²) in [5.41, 5.74) is 2.15. The van der Waals surface area contributed by atoms with Crippen molar-refractivity contribution in [2.45, 2.75) is 26.7 Å². The Hall–Kier alpha value is -1.25. The molecule has 0 aliphatic heterocycles. The fourth-order valence-electron chi connectivity index (χ4n) is 1.02. The summed E-state index contributed by atoms with van der Waals surface area (Å²) in [6.07, 6.45) is 2.27. The number of aliphatic carboxylic acids is 1. The summed E-state index contributed by atoms with van der Waals surface area (Å²) < 4.78 is 5.18. The molecule has 0 bridgehead atoms. The van der Waals surface area contributed by atoms with Crippen molar-refractivity contribution < 1.29 is 14.3 Å². The van der Waals surface area contributed by atoms with Gasteiger partial charge in [0.05, 0.1) is 12.7 Å². The van der Waals surface area contributed by atoms with Gasteiger partial charge in [0.25, 0.3) is 0 Å². The summed E-state index contributed by atoms with van der Waals surface area (Å²) in [5.74, 6) is -0.00152. The normalized spacial score (nSPS) is 10.2. The third-order valence-electron chi connectivity index (χ3n) is 1.95. The Morgan fingerprint density at radius 2 is 2.25 bits per heavy atom. The molecule has 0 amide bonds. The molecule has 0 aliphatic rings. The lowest BCUT2D eigenvalue weighted by atomic mass is 10.1. The highest BCUT2D eigenvalue weighted by atomic mass is 16.4. The van der Waals surface area contributed by atoms with Crippen molar-refractivity contribution >= 4 is 5.97 Å². The molecule has 1 rings (SSSR count). The zero-order valence-electron chi connectivity index (χ0n) is 7.26. The van der Waals surface area contributed by atoms with Gasteiger partial charge in [-0.1, -0.05) is 0 Å². The van der Waals surface area contributed by atoms with E-state index in [-0.39, 0.29) is 6.42 Å². The lowest BCUT2D eigenvalue weighted by molar-refractivity contribution is -0.137. The summed E-state index contributed by atoms with van der Waals surface area (Å²) in [5, 5.41) is 8.43. The lowest BCUT2D eigenvalue weighted by Crippen LogP contribution is -1.97. The van der Waals surface area contributed by atoms with Gasteiger partial charge in [0.1, 0.15) is 5.76 Å². The van der Waals surface area contributed by atoms with E-state index in [1.54, 1.807) is 6.26 Å². The average molecular weight is 168 g/mol. The molecule has 0 unspecified atom stereocenters. The van der Waals surface area contributed by atoms with Crippen LogP contribution in [0.2, 0.25) is 0 Å². The van der Waals surface area contributed by atoms with Crippen molar-refractivity contribution in [1.29, 1.82) is 0 Å². The maximum atomic E-state index is 10.2. The Morgan fingerprint density at radius 3 is 2.67 bits per heavy atom. The summed E-state index contributed by atoms with van der Waals surface area (Å²) in [6, 6.07) is 0. The van der Waals surface area contributed by atoms with Gasteiger partial charge in [-0.05, 0) is 25.0 Å². The van der Waals surface area contributed by atoms with Crippen molar-refractivity contribution in [2.24, 2.45) is 0 Å². The van der Waals surface area contributed by atoms with Crippen LogP contribution in [0.25, 0.3) is 0 Å². The van der Waals surface area contributed by atoms with Crippen LogP contribution in [0, 0.1) is 13.8 Å². The van der Waals surface area contributed by atoms with Gasteiger partial charge in [0.2, 0.25) is 0 Å². The van der Waals surface area contributed by atoms with E-state index in [0.29, 0.717) is 6.42 Å². The van der Waals surface area contributed by atoms with Gasteiger partial charge in [-0.2, -0.15) is 0 Å². The highest BCUT2D eigenvalue weighted by molar-refractivity contribution is 5.67. The van der Waals surface area contributed by atoms with Crippen molar-refractivity contribution in [3.8, 4) is 0 Å². The number of furan rings is 1. The van der Waals surface area contributed by atoms with E-state index < -0.39 is 5.97 Å². The number of hydrogen-bond acceptors (Lipinski definition) is 2. The maximum Gasteiger partial charge on any atom is 0.303 e. The van der Waals surface area contributed by atoms with E-state index >= 15 is 0 Å². The average Bonchev–Trinajstić information content (AvgIpc) is 2.30. The molecule has 0 saturated heterocycles. The minimum atomic E-state index is -0.788. The first-order valence-electron chi connectivity index (χ1n) is 3.86. The number of rotatable bonds is 3. The molecule has 1 N–H and O–H groups in total. The molecule has 1 aromatic heterocycles. The van der Waals surface area contributed by atoms with Crippen molar-refractivity contribution in [2.75, 3.05) is 0 Å². The fraction of sp³-hybridized carbons (Fsp3) is 0.444. The second-order valence-electron chi connectivity index (χ2n) is 2.86. The summed E-state index contributed by atoms with van der Waals surface area (Å²) in [7, 11) is 0. The second kappa shape index (κ2) is 3.43. The number of carbonyl (C=O) groups is 1. The van der Waals surface area contributed by atoms with E-state index in [2.05, 4.69) is 0 Å². The third kappa shape index (κ3) is 1.87. The van der Waals surface area contributed by atoms with Crippen molar-refractivity contribution in [1.82, 2.24) is 0 Å². The minimum absolute atomic E-state index is 0.133. The number of carboxylic acid groups (broad SMARTS) is 1. The molecular formula is C9H12O3. The first-order chi connectivity index (χ1) is 5.61. The molecule has 1 heterocycles. The predicted molar refractivity (Wildman–Crippen MR) is 44.1 cm³/mol. The van der Waals surface area contributed by atoms with Crippen LogP contribution >= 0.6 is 0 Å². The highest BCUT2D eigenvalue weighted by Crippen LogP contribution is 2.16. The van der Waals surface area contributed by atoms with Crippen molar-refractivity contribution in [3.63, 3.8) is 0 Å². The number of hydrogen-bond donors (Lipinski definition) is 1. The van der Waals surface area contributed by atoms with Crippen LogP contribution in [0.4, 0.5) is 0 Å². The van der Waals surface area contributed by atoms with Gasteiger partial charge in [-0.15, -0.1) is 0 Å². The predicted octanol–water partition coefficient (Wildman–Crippen LogP) is 1.91. The molecule has 0 aliphatic carbocycles. The van der Waals surface area contributed by atoms with E-state index in [1.165, 1.54) is 0 Å². The van der Waals surface area contributed by atoms with Crippen LogP contribution in [0.3, 0.4) is 0 Å². The highest BCUT2D eigenvalue weighted by Gasteiger charge is 2.07. The first kappa shape index (κ1) is 8.84. The molecule has 0 radical (unpaired) electrons. The number of carboxylic acids is 1. The van der Waals surface area contributed by atoms with Gasteiger partial charge in [-0.25, -0.2) is 0 Å². The molecule has 0 spiro atoms. The lowest BCUT2D eigenvalue weighted by Gasteiger charge is -1.94. The van der Waals surface area contributed by atoms with Gasteiger partial charge < -0.3 is 9.52 Å². The SMILES string of the molecule is Cc1coc(CCC(=O)O)c1C. The summed E-state index contributed by atoms with van der Waals surface area (Å²) >= 11 is 0. The standard InChI is InChI=1S/C9H12O3/c1-6-5-12-8(7(6)2)3-4-9(10)11/h5H,3-4H2,1-2H3,(H,10,11). The summed E-state index contributed by atoms with van der Waals surface area (Å²) in [4.78, 5) is 10.2. The second-order valence-corrected chi connectivity index (χ2v) is 2.86. The monoisotopic (exact) mass is 168 g/mol. The zero-order valence-corrected chi connectivity index (χ0v) is 7.26. The van der Waals surface area contributed by atoms with Gasteiger partial charge >= 0.3 is 5.97 Å². The third-order valence-corrected chi connectivity index (χ3v) is 1.95. The van der Waals surface area contributed by atoms with Crippen LogP contribution in [0.1, 0.15) is 23.3 Å². The van der Waals surface area contributed by atoms with Crippen LogP contribution in [0.5, 0.6) is 0 Å². The largest absolute Gasteiger partial charge is 0.481 e. The Bertz CT molecular complexity index is 286. The van der Waals surface area contributed by atoms with Crippen LogP contribution < -0.4 is 0 Å². The quantitative estimate of drug-likeness (QED) is 0.750. The van der Waals surface area contributed by atoms with Crippen LogP contribution in [0.15, 0.2) is 10.7 Å². The Morgan fingerprint density at radius 1 is 1.58 bits per heavy atom. The minimum Gasteiger partial charge on any atom is -0.481 e. The topological polar surface area (TPSA) is 50.4 Å². The Kier molecular flexibility index (Phi) is 2.53. The molecule has 66 valence electrons. The zero-order chi connectivity index (χ0) is 9.14. The molecule has 12 heavy (non-hydrogen) atoms. The smallest absolute Gasteiger partial charge is 0.303 e. The molecule has 0 aromatic carbocycles. The fourth-order valence-corrected chi connectivity index (χ4v) is 1.02. The maximum absolute atomic E-state index is 10.2. The number of aryl methyl sites for hydroxylation is 2. The van der Waals surface area contributed by atoms with Gasteiger partial charge in [0.15, 0.2) is 0 Å². The van der Waals surface area contributed by atoms with Gasteiger partial charge in [-0.3, -0.25) is 4.79 Å². The Labute approximate surface area is 71.0 Å². The van der Waals surface area contributed by atoms with E-state index in [4.69, 9.17) is 9.52 Å². The van der Waals surface area contributed by atoms with E-state index in [9.17, 15) is 4.79 Å². The van der Waals surface area contributed by atoms with Gasteiger partial charge in [0, 0.05) is 6.42 Å². The molecule has 3 nitrogen and oxygen atoms in total. The van der Waals surface area contributed by atoms with Crippen molar-refractivity contribution in [3.05, 3.63) is 23.2 Å². The van der Waals surface area contributed by atoms with E-state index in [0.717, 1.165) is 16.9 Å². The van der Waals surface area contributed by atoms with Crippen LogP contribution in [-0.4, -0.2) is 11.1 Å². The molecule has 0 fully saturated rings. The molecule has 0 atom stereocenters. The van der Waals surface area contributed by atoms with E-state index in [1.807, 2.05) is 13.8 Å². The molecule has 1 aromatic rings. The Balaban J connectivity index is 2.63. The summed E-state index contributed by atoms with van der Waals surface area (Å²) in [6.45, 7) is 3.89.